The molecule has 0 spiro atoms. The van der Waals surface area contributed by atoms with Crippen molar-refractivity contribution in [3.8, 4) is 0 Å². The quantitative estimate of drug-likeness (QED) is 0.693. The Labute approximate surface area is 133 Å². The molecule has 0 radical (unpaired) electrons. The maximum absolute atomic E-state index is 12.1. The Kier molecular flexibility index (Phi) is 5.33. The summed E-state index contributed by atoms with van der Waals surface area (Å²) in [7, 11) is 0. The van der Waals surface area contributed by atoms with Gasteiger partial charge in [0.25, 0.3) is 5.91 Å². The zero-order valence-electron chi connectivity index (χ0n) is 12.9. The van der Waals surface area contributed by atoms with Crippen LogP contribution < -0.4 is 5.32 Å². The lowest BCUT2D eigenvalue weighted by Crippen LogP contribution is -2.54. The summed E-state index contributed by atoms with van der Waals surface area (Å²) in [4.78, 5) is 35.5. The van der Waals surface area contributed by atoms with Crippen molar-refractivity contribution < 1.29 is 24.6 Å². The van der Waals surface area contributed by atoms with Gasteiger partial charge in [-0.2, -0.15) is 0 Å². The summed E-state index contributed by atoms with van der Waals surface area (Å²) < 4.78 is 0. The van der Waals surface area contributed by atoms with Crippen LogP contribution in [0.2, 0.25) is 0 Å². The van der Waals surface area contributed by atoms with Crippen LogP contribution in [0.25, 0.3) is 0 Å². The minimum Gasteiger partial charge on any atom is -0.480 e. The van der Waals surface area contributed by atoms with E-state index >= 15 is 0 Å². The minimum atomic E-state index is -1.03. The summed E-state index contributed by atoms with van der Waals surface area (Å²) >= 11 is 0. The number of likely N-dealkylation sites (N-methyl/N-ethyl adjacent to an activating group) is 1. The van der Waals surface area contributed by atoms with Crippen LogP contribution >= 0.6 is 0 Å². The van der Waals surface area contributed by atoms with Crippen LogP contribution in [0, 0.1) is 0 Å². The Morgan fingerprint density at radius 1 is 1.13 bits per heavy atom. The zero-order valence-corrected chi connectivity index (χ0v) is 12.9. The average molecular weight is 320 g/mol. The highest BCUT2D eigenvalue weighted by Gasteiger charge is 2.34. The monoisotopic (exact) mass is 320 g/mol. The highest BCUT2D eigenvalue weighted by atomic mass is 16.4. The van der Waals surface area contributed by atoms with Gasteiger partial charge < -0.3 is 15.5 Å². The van der Waals surface area contributed by atoms with Gasteiger partial charge >= 0.3 is 11.9 Å². The number of carbonyl (C=O) groups is 3. The van der Waals surface area contributed by atoms with Crippen LogP contribution in [-0.4, -0.2) is 58.1 Å². The predicted molar refractivity (Wildman–Crippen MR) is 82.6 cm³/mol. The first-order valence-electron chi connectivity index (χ1n) is 7.50. The summed E-state index contributed by atoms with van der Waals surface area (Å²) in [6, 6.07) is 5.96. The Morgan fingerprint density at radius 2 is 1.70 bits per heavy atom. The maximum Gasteiger partial charge on any atom is 0.335 e. The SMILES string of the molecule is CCN(CC(=O)O)C1CC(NC(=O)c2ccc(C(=O)O)cc2)C1. The number of amides is 1. The van der Waals surface area contributed by atoms with Gasteiger partial charge in [0.1, 0.15) is 0 Å². The largest absolute Gasteiger partial charge is 0.480 e. The summed E-state index contributed by atoms with van der Waals surface area (Å²) in [6.45, 7) is 2.59. The number of nitrogens with one attached hydrogen (secondary N) is 1. The molecule has 23 heavy (non-hydrogen) atoms. The second-order valence-corrected chi connectivity index (χ2v) is 5.63. The number of carbonyl (C=O) groups excluding carboxylic acids is 1. The summed E-state index contributed by atoms with van der Waals surface area (Å²) in [6.07, 6.45) is 1.44. The van der Waals surface area contributed by atoms with Crippen molar-refractivity contribution >= 4 is 17.8 Å². The molecule has 1 aliphatic rings. The van der Waals surface area contributed by atoms with Gasteiger partial charge in [0.15, 0.2) is 0 Å². The van der Waals surface area contributed by atoms with Gasteiger partial charge in [0.05, 0.1) is 12.1 Å². The molecule has 1 aromatic carbocycles. The van der Waals surface area contributed by atoms with Crippen LogP contribution in [0.3, 0.4) is 0 Å². The molecule has 0 saturated heterocycles. The van der Waals surface area contributed by atoms with E-state index in [0.717, 1.165) is 12.8 Å². The van der Waals surface area contributed by atoms with E-state index in [1.165, 1.54) is 24.3 Å². The Morgan fingerprint density at radius 3 is 2.17 bits per heavy atom. The first-order valence-corrected chi connectivity index (χ1v) is 7.50. The highest BCUT2D eigenvalue weighted by Crippen LogP contribution is 2.25. The minimum absolute atomic E-state index is 0.0124. The van der Waals surface area contributed by atoms with Crippen LogP contribution in [0.15, 0.2) is 24.3 Å². The highest BCUT2D eigenvalue weighted by molar-refractivity contribution is 5.96. The van der Waals surface area contributed by atoms with Gasteiger partial charge in [-0.3, -0.25) is 14.5 Å². The van der Waals surface area contributed by atoms with E-state index in [9.17, 15) is 14.4 Å². The summed E-state index contributed by atoms with van der Waals surface area (Å²) in [5.74, 6) is -2.12. The Bertz CT molecular complexity index is 593. The average Bonchev–Trinajstić information content (AvgIpc) is 2.48. The van der Waals surface area contributed by atoms with Gasteiger partial charge in [-0.1, -0.05) is 6.92 Å². The molecule has 7 heteroatoms. The van der Waals surface area contributed by atoms with Crippen molar-refractivity contribution in [2.45, 2.75) is 31.8 Å². The number of carboxylic acids is 2. The molecule has 0 atom stereocenters. The Hall–Kier alpha value is -2.41. The number of hydrogen-bond donors (Lipinski definition) is 3. The van der Waals surface area contributed by atoms with E-state index in [1.54, 1.807) is 0 Å². The second kappa shape index (κ2) is 7.23. The first-order chi connectivity index (χ1) is 10.9. The van der Waals surface area contributed by atoms with Crippen LogP contribution in [0.1, 0.15) is 40.5 Å². The Balaban J connectivity index is 1.84. The number of aromatic carboxylic acids is 1. The third kappa shape index (κ3) is 4.29. The van der Waals surface area contributed by atoms with Gasteiger partial charge in [-0.15, -0.1) is 0 Å². The van der Waals surface area contributed by atoms with Gasteiger partial charge in [-0.05, 0) is 43.7 Å². The normalized spacial score (nSPS) is 19.9. The number of carboxylic acid groups (broad SMARTS) is 2. The van der Waals surface area contributed by atoms with Crippen molar-refractivity contribution in [3.63, 3.8) is 0 Å². The topological polar surface area (TPSA) is 107 Å². The molecule has 0 aromatic heterocycles. The van der Waals surface area contributed by atoms with E-state index in [1.807, 2.05) is 11.8 Å². The van der Waals surface area contributed by atoms with E-state index in [4.69, 9.17) is 10.2 Å². The maximum atomic E-state index is 12.1. The number of nitrogens with zero attached hydrogens (tertiary/aromatic N) is 1. The van der Waals surface area contributed by atoms with Gasteiger partial charge in [-0.25, -0.2) is 4.79 Å². The molecule has 0 aliphatic heterocycles. The third-order valence-corrected chi connectivity index (χ3v) is 4.10. The molecule has 3 N–H and O–H groups in total. The molecule has 1 amide bonds. The third-order valence-electron chi connectivity index (χ3n) is 4.10. The van der Waals surface area contributed by atoms with Gasteiger partial charge in [0.2, 0.25) is 0 Å². The van der Waals surface area contributed by atoms with E-state index < -0.39 is 11.9 Å². The molecule has 1 aliphatic carbocycles. The number of aliphatic carboxylic acids is 1. The fourth-order valence-corrected chi connectivity index (χ4v) is 2.71. The van der Waals surface area contributed by atoms with Crippen LogP contribution in [0.5, 0.6) is 0 Å². The van der Waals surface area contributed by atoms with Crippen molar-refractivity contribution in [3.05, 3.63) is 35.4 Å². The smallest absolute Gasteiger partial charge is 0.335 e. The predicted octanol–water partition coefficient (Wildman–Crippen LogP) is 1.05. The molecule has 1 fully saturated rings. The van der Waals surface area contributed by atoms with Crippen molar-refractivity contribution in [1.29, 1.82) is 0 Å². The second-order valence-electron chi connectivity index (χ2n) is 5.63. The standard InChI is InChI=1S/C16H20N2O5/c1-2-18(9-14(19)20)13-7-12(8-13)17-15(21)10-3-5-11(6-4-10)16(22)23/h3-6,12-13H,2,7-9H2,1H3,(H,17,21)(H,19,20)(H,22,23). The molecule has 124 valence electrons. The lowest BCUT2D eigenvalue weighted by molar-refractivity contribution is -0.139. The van der Waals surface area contributed by atoms with Crippen LogP contribution in [0.4, 0.5) is 0 Å². The number of rotatable bonds is 7. The molecule has 0 heterocycles. The van der Waals surface area contributed by atoms with E-state index in [2.05, 4.69) is 5.32 Å². The fourth-order valence-electron chi connectivity index (χ4n) is 2.71. The molecule has 2 rings (SSSR count). The van der Waals surface area contributed by atoms with Crippen molar-refractivity contribution in [2.75, 3.05) is 13.1 Å². The van der Waals surface area contributed by atoms with Crippen molar-refractivity contribution in [2.24, 2.45) is 0 Å². The van der Waals surface area contributed by atoms with E-state index in [0.29, 0.717) is 12.1 Å². The molecule has 1 saturated carbocycles. The lowest BCUT2D eigenvalue weighted by atomic mass is 9.85. The molecular formula is C16H20N2O5. The van der Waals surface area contributed by atoms with E-state index in [-0.39, 0.29) is 30.1 Å². The fraction of sp³-hybridized carbons (Fsp3) is 0.438. The summed E-state index contributed by atoms with van der Waals surface area (Å²) in [5, 5.41) is 20.6. The molecule has 1 aromatic rings. The zero-order chi connectivity index (χ0) is 17.0. The molecule has 7 nitrogen and oxygen atoms in total. The summed E-state index contributed by atoms with van der Waals surface area (Å²) in [5.41, 5.74) is 0.550. The van der Waals surface area contributed by atoms with Crippen LogP contribution in [-0.2, 0) is 4.79 Å². The number of hydrogen-bond acceptors (Lipinski definition) is 4. The van der Waals surface area contributed by atoms with Gasteiger partial charge in [0, 0.05) is 17.6 Å². The molecule has 0 unspecified atom stereocenters. The lowest BCUT2D eigenvalue weighted by Gasteiger charge is -2.42. The number of benzene rings is 1. The molecule has 0 bridgehead atoms. The van der Waals surface area contributed by atoms with Crippen molar-refractivity contribution in [1.82, 2.24) is 10.2 Å². The molecular weight excluding hydrogens is 300 g/mol. The first kappa shape index (κ1) is 17.0.